The van der Waals surface area contributed by atoms with E-state index >= 15 is 0 Å². The molecule has 0 saturated carbocycles. The first-order valence-electron chi connectivity index (χ1n) is 7.00. The second-order valence-electron chi connectivity index (χ2n) is 5.25. The number of hydrogen-bond acceptors (Lipinski definition) is 2. The van der Waals surface area contributed by atoms with Crippen LogP contribution in [-0.2, 0) is 0 Å². The predicted octanol–water partition coefficient (Wildman–Crippen LogP) is 3.05. The van der Waals surface area contributed by atoms with Crippen molar-refractivity contribution in [1.29, 1.82) is 0 Å². The largest absolute Gasteiger partial charge is 0.339 e. The van der Waals surface area contributed by atoms with E-state index < -0.39 is 5.82 Å². The van der Waals surface area contributed by atoms with Gasteiger partial charge in [0, 0.05) is 17.6 Å². The zero-order valence-electron chi connectivity index (χ0n) is 11.7. The van der Waals surface area contributed by atoms with E-state index in [0.717, 1.165) is 38.9 Å². The average molecular weight is 343 g/mol. The van der Waals surface area contributed by atoms with Crippen molar-refractivity contribution in [2.24, 2.45) is 5.92 Å². The lowest BCUT2D eigenvalue weighted by Crippen LogP contribution is -2.39. The maximum Gasteiger partial charge on any atom is 0.256 e. The van der Waals surface area contributed by atoms with Crippen molar-refractivity contribution in [2.75, 3.05) is 26.7 Å². The molecule has 0 radical (unpaired) electrons. The minimum atomic E-state index is -0.457. The lowest BCUT2D eigenvalue weighted by atomic mass is 9.93. The molecule has 3 nitrogen and oxygen atoms in total. The van der Waals surface area contributed by atoms with E-state index in [9.17, 15) is 9.18 Å². The monoisotopic (exact) mass is 342 g/mol. The summed E-state index contributed by atoms with van der Waals surface area (Å²) in [4.78, 5) is 14.1. The molecule has 1 aliphatic heterocycles. The van der Waals surface area contributed by atoms with E-state index in [-0.39, 0.29) is 11.5 Å². The number of rotatable bonds is 4. The van der Waals surface area contributed by atoms with Gasteiger partial charge in [0.1, 0.15) is 5.82 Å². The van der Waals surface area contributed by atoms with Crippen molar-refractivity contribution < 1.29 is 9.18 Å². The lowest BCUT2D eigenvalue weighted by Gasteiger charge is -2.32. The van der Waals surface area contributed by atoms with Crippen LogP contribution < -0.4 is 5.32 Å². The maximum atomic E-state index is 13.8. The smallest absolute Gasteiger partial charge is 0.256 e. The van der Waals surface area contributed by atoms with Crippen LogP contribution in [0.3, 0.4) is 0 Å². The molecule has 20 heavy (non-hydrogen) atoms. The molecule has 0 spiro atoms. The average Bonchev–Trinajstić information content (AvgIpc) is 2.45. The highest BCUT2D eigenvalue weighted by molar-refractivity contribution is 9.10. The number of benzene rings is 1. The zero-order valence-corrected chi connectivity index (χ0v) is 13.2. The first-order chi connectivity index (χ1) is 9.61. The van der Waals surface area contributed by atoms with Crippen LogP contribution in [0.4, 0.5) is 4.39 Å². The number of carbonyl (C=O) groups is 1. The molecule has 1 aromatic carbocycles. The fourth-order valence-corrected chi connectivity index (χ4v) is 2.94. The van der Waals surface area contributed by atoms with E-state index in [1.807, 2.05) is 7.05 Å². The Morgan fingerprint density at radius 1 is 1.45 bits per heavy atom. The van der Waals surface area contributed by atoms with E-state index in [0.29, 0.717) is 10.4 Å². The summed E-state index contributed by atoms with van der Waals surface area (Å²) in [6.45, 7) is 2.46. The third-order valence-electron chi connectivity index (χ3n) is 3.87. The molecule has 0 aliphatic carbocycles. The van der Waals surface area contributed by atoms with Crippen molar-refractivity contribution in [3.05, 3.63) is 34.1 Å². The summed E-state index contributed by atoms with van der Waals surface area (Å²) in [6, 6.07) is 4.59. The Bertz CT molecular complexity index is 473. The first kappa shape index (κ1) is 15.4. The van der Waals surface area contributed by atoms with Gasteiger partial charge in [-0.2, -0.15) is 0 Å². The molecule has 110 valence electrons. The molecular weight excluding hydrogens is 323 g/mol. The molecule has 0 bridgehead atoms. The van der Waals surface area contributed by atoms with Gasteiger partial charge in [0.25, 0.3) is 5.91 Å². The van der Waals surface area contributed by atoms with Gasteiger partial charge in [-0.1, -0.05) is 15.9 Å². The van der Waals surface area contributed by atoms with Crippen LogP contribution in [0.5, 0.6) is 0 Å². The molecule has 1 N–H and O–H groups in total. The SMILES string of the molecule is CNCCC1CCN(C(=O)c2ccc(Br)cc2F)CC1. The summed E-state index contributed by atoms with van der Waals surface area (Å²) in [7, 11) is 1.95. The molecule has 0 aromatic heterocycles. The summed E-state index contributed by atoms with van der Waals surface area (Å²) in [5, 5.41) is 3.15. The van der Waals surface area contributed by atoms with Gasteiger partial charge in [0.15, 0.2) is 0 Å². The quantitative estimate of drug-likeness (QED) is 0.911. The van der Waals surface area contributed by atoms with Gasteiger partial charge in [0.05, 0.1) is 5.56 Å². The molecule has 1 amide bonds. The Morgan fingerprint density at radius 2 is 2.15 bits per heavy atom. The fraction of sp³-hybridized carbons (Fsp3) is 0.533. The number of piperidine rings is 1. The van der Waals surface area contributed by atoms with Crippen molar-refractivity contribution >= 4 is 21.8 Å². The Labute approximate surface area is 127 Å². The van der Waals surface area contributed by atoms with Gasteiger partial charge in [-0.05, 0) is 57.0 Å². The third kappa shape index (κ3) is 3.79. The number of amides is 1. The molecule has 1 heterocycles. The van der Waals surface area contributed by atoms with Crippen molar-refractivity contribution in [1.82, 2.24) is 10.2 Å². The highest BCUT2D eigenvalue weighted by atomic mass is 79.9. The molecule has 5 heteroatoms. The summed E-state index contributed by atoms with van der Waals surface area (Å²) >= 11 is 3.20. The Hall–Kier alpha value is -0.940. The zero-order chi connectivity index (χ0) is 14.5. The van der Waals surface area contributed by atoms with E-state index in [1.165, 1.54) is 6.07 Å². The van der Waals surface area contributed by atoms with Gasteiger partial charge in [-0.3, -0.25) is 4.79 Å². The predicted molar refractivity (Wildman–Crippen MR) is 81.3 cm³/mol. The number of carbonyl (C=O) groups excluding carboxylic acids is 1. The molecule has 2 rings (SSSR count). The molecule has 0 atom stereocenters. The van der Waals surface area contributed by atoms with Gasteiger partial charge >= 0.3 is 0 Å². The standard InChI is InChI=1S/C15H20BrFN2O/c1-18-7-4-11-5-8-19(9-6-11)15(20)13-3-2-12(16)10-14(13)17/h2-3,10-11,18H,4-9H2,1H3. The van der Waals surface area contributed by atoms with E-state index in [2.05, 4.69) is 21.2 Å². The minimum Gasteiger partial charge on any atom is -0.339 e. The molecule has 1 aliphatic rings. The van der Waals surface area contributed by atoms with Gasteiger partial charge < -0.3 is 10.2 Å². The molecular formula is C15H20BrFN2O. The lowest BCUT2D eigenvalue weighted by molar-refractivity contribution is 0.0682. The van der Waals surface area contributed by atoms with E-state index in [1.54, 1.807) is 17.0 Å². The van der Waals surface area contributed by atoms with Crippen LogP contribution in [0.2, 0.25) is 0 Å². The van der Waals surface area contributed by atoms with Gasteiger partial charge in [-0.15, -0.1) is 0 Å². The van der Waals surface area contributed by atoms with Crippen molar-refractivity contribution in [2.45, 2.75) is 19.3 Å². The Kier molecular flexibility index (Phi) is 5.54. The summed E-state index contributed by atoms with van der Waals surface area (Å²) < 4.78 is 14.5. The number of nitrogens with one attached hydrogen (secondary N) is 1. The number of nitrogens with zero attached hydrogens (tertiary/aromatic N) is 1. The summed E-state index contributed by atoms with van der Waals surface area (Å²) in [6.07, 6.45) is 3.16. The Morgan fingerprint density at radius 3 is 2.75 bits per heavy atom. The number of hydrogen-bond donors (Lipinski definition) is 1. The second-order valence-corrected chi connectivity index (χ2v) is 6.17. The van der Waals surface area contributed by atoms with Crippen molar-refractivity contribution in [3.8, 4) is 0 Å². The van der Waals surface area contributed by atoms with E-state index in [4.69, 9.17) is 0 Å². The normalized spacial score (nSPS) is 16.4. The molecule has 1 aromatic rings. The molecule has 0 unspecified atom stereocenters. The van der Waals surface area contributed by atoms with Crippen LogP contribution in [-0.4, -0.2) is 37.5 Å². The van der Waals surface area contributed by atoms with Crippen LogP contribution in [0, 0.1) is 11.7 Å². The van der Waals surface area contributed by atoms with Crippen LogP contribution >= 0.6 is 15.9 Å². The van der Waals surface area contributed by atoms with Crippen LogP contribution in [0.25, 0.3) is 0 Å². The van der Waals surface area contributed by atoms with Gasteiger partial charge in [-0.25, -0.2) is 4.39 Å². The maximum absolute atomic E-state index is 13.8. The number of halogens is 2. The highest BCUT2D eigenvalue weighted by Crippen LogP contribution is 2.23. The molecule has 1 fully saturated rings. The van der Waals surface area contributed by atoms with Crippen molar-refractivity contribution in [3.63, 3.8) is 0 Å². The van der Waals surface area contributed by atoms with Crippen LogP contribution in [0.1, 0.15) is 29.6 Å². The topological polar surface area (TPSA) is 32.3 Å². The first-order valence-corrected chi connectivity index (χ1v) is 7.80. The summed E-state index contributed by atoms with van der Waals surface area (Å²) in [5.74, 6) is 0.0185. The Balaban J connectivity index is 1.94. The minimum absolute atomic E-state index is 0.168. The number of likely N-dealkylation sites (tertiary alicyclic amines) is 1. The highest BCUT2D eigenvalue weighted by Gasteiger charge is 2.24. The molecule has 1 saturated heterocycles. The van der Waals surface area contributed by atoms with Gasteiger partial charge in [0.2, 0.25) is 0 Å². The second kappa shape index (κ2) is 7.18. The fourth-order valence-electron chi connectivity index (χ4n) is 2.61. The third-order valence-corrected chi connectivity index (χ3v) is 4.36. The van der Waals surface area contributed by atoms with Crippen LogP contribution in [0.15, 0.2) is 22.7 Å². The summed E-state index contributed by atoms with van der Waals surface area (Å²) in [5.41, 5.74) is 0.168.